The molecular weight excluding hydrogens is 214 g/mol. The van der Waals surface area contributed by atoms with Gasteiger partial charge >= 0.3 is 0 Å². The number of aromatic nitrogens is 3. The molecule has 0 amide bonds. The van der Waals surface area contributed by atoms with Crippen LogP contribution in [0.15, 0.2) is 24.5 Å². The summed E-state index contributed by atoms with van der Waals surface area (Å²) >= 11 is 0. The largest absolute Gasteiger partial charge is 0.399 e. The predicted octanol–water partition coefficient (Wildman–Crippen LogP) is 0.945. The number of hydrogen-bond acceptors (Lipinski definition) is 4. The van der Waals surface area contributed by atoms with E-state index in [0.29, 0.717) is 0 Å². The quantitative estimate of drug-likeness (QED) is 0.752. The van der Waals surface area contributed by atoms with Gasteiger partial charge in [-0.05, 0) is 29.7 Å². The fourth-order valence-corrected chi connectivity index (χ4v) is 2.29. The lowest BCUT2D eigenvalue weighted by molar-refractivity contribution is 0.240. The fraction of sp³-hybridized carbons (Fsp3) is 0.333. The van der Waals surface area contributed by atoms with E-state index in [2.05, 4.69) is 32.2 Å². The number of nitrogen functional groups attached to an aromatic ring is 1. The van der Waals surface area contributed by atoms with Crippen LogP contribution in [0.2, 0.25) is 0 Å². The van der Waals surface area contributed by atoms with Crippen molar-refractivity contribution in [2.24, 2.45) is 0 Å². The molecule has 1 aromatic heterocycles. The summed E-state index contributed by atoms with van der Waals surface area (Å²) in [6.45, 7) is 2.82. The number of nitrogens with zero attached hydrogens (tertiary/aromatic N) is 3. The van der Waals surface area contributed by atoms with Crippen LogP contribution < -0.4 is 5.73 Å². The van der Waals surface area contributed by atoms with E-state index >= 15 is 0 Å². The Bertz CT molecular complexity index is 506. The molecule has 0 atom stereocenters. The van der Waals surface area contributed by atoms with Gasteiger partial charge in [-0.3, -0.25) is 10.00 Å². The number of nitrogens with one attached hydrogen (secondary N) is 1. The Morgan fingerprint density at radius 3 is 3.12 bits per heavy atom. The molecule has 0 spiro atoms. The zero-order valence-electron chi connectivity index (χ0n) is 9.56. The van der Waals surface area contributed by atoms with Crippen molar-refractivity contribution in [2.45, 2.75) is 19.5 Å². The molecule has 1 aromatic carbocycles. The first-order valence-electron chi connectivity index (χ1n) is 5.75. The summed E-state index contributed by atoms with van der Waals surface area (Å²) < 4.78 is 0. The summed E-state index contributed by atoms with van der Waals surface area (Å²) in [6, 6.07) is 6.18. The van der Waals surface area contributed by atoms with E-state index in [9.17, 15) is 0 Å². The van der Waals surface area contributed by atoms with Crippen molar-refractivity contribution in [2.75, 3.05) is 12.3 Å². The molecule has 1 aliphatic rings. The number of H-pyrrole nitrogens is 1. The first-order chi connectivity index (χ1) is 8.31. The van der Waals surface area contributed by atoms with Crippen LogP contribution in [0.4, 0.5) is 5.69 Å². The number of fused-ring (bicyclic) bond motifs is 1. The Labute approximate surface area is 99.7 Å². The first kappa shape index (κ1) is 10.3. The molecular formula is C12H15N5. The maximum Gasteiger partial charge on any atom is 0.138 e. The van der Waals surface area contributed by atoms with Crippen LogP contribution in [0.25, 0.3) is 0 Å². The van der Waals surface area contributed by atoms with E-state index in [4.69, 9.17) is 5.73 Å². The van der Waals surface area contributed by atoms with Crippen molar-refractivity contribution < 1.29 is 0 Å². The SMILES string of the molecule is Nc1ccc2c(c1)CCN(Cc1ncn[nH]1)C2. The third-order valence-corrected chi connectivity index (χ3v) is 3.16. The molecule has 0 unspecified atom stereocenters. The van der Waals surface area contributed by atoms with Crippen LogP contribution in [0.5, 0.6) is 0 Å². The van der Waals surface area contributed by atoms with Crippen LogP contribution >= 0.6 is 0 Å². The molecule has 3 N–H and O–H groups in total. The predicted molar refractivity (Wildman–Crippen MR) is 65.1 cm³/mol. The smallest absolute Gasteiger partial charge is 0.138 e. The summed E-state index contributed by atoms with van der Waals surface area (Å²) in [6.07, 6.45) is 2.60. The minimum atomic E-state index is 0.823. The standard InChI is InChI=1S/C12H15N5/c13-11-2-1-10-6-17(4-3-9(10)5-11)7-12-14-8-15-16-12/h1-2,5,8H,3-4,6-7,13H2,(H,14,15,16). The zero-order valence-corrected chi connectivity index (χ0v) is 9.56. The third kappa shape index (κ3) is 2.14. The van der Waals surface area contributed by atoms with Gasteiger partial charge in [0.2, 0.25) is 0 Å². The van der Waals surface area contributed by atoms with E-state index in [1.165, 1.54) is 11.1 Å². The average Bonchev–Trinajstić information content (AvgIpc) is 2.82. The molecule has 5 nitrogen and oxygen atoms in total. The summed E-state index contributed by atoms with van der Waals surface area (Å²) in [5.74, 6) is 0.920. The highest BCUT2D eigenvalue weighted by molar-refractivity contribution is 5.45. The van der Waals surface area contributed by atoms with E-state index < -0.39 is 0 Å². The van der Waals surface area contributed by atoms with Gasteiger partial charge in [-0.15, -0.1) is 0 Å². The molecule has 2 aromatic rings. The van der Waals surface area contributed by atoms with E-state index in [1.807, 2.05) is 6.07 Å². The Hall–Kier alpha value is -1.88. The molecule has 0 fully saturated rings. The molecule has 0 aliphatic carbocycles. The number of anilines is 1. The zero-order chi connectivity index (χ0) is 11.7. The molecule has 88 valence electrons. The Balaban J connectivity index is 1.74. The highest BCUT2D eigenvalue weighted by Gasteiger charge is 2.17. The Morgan fingerprint density at radius 2 is 2.29 bits per heavy atom. The van der Waals surface area contributed by atoms with Gasteiger partial charge in [0.05, 0.1) is 6.54 Å². The van der Waals surface area contributed by atoms with Crippen molar-refractivity contribution >= 4 is 5.69 Å². The van der Waals surface area contributed by atoms with Crippen molar-refractivity contribution in [3.8, 4) is 0 Å². The van der Waals surface area contributed by atoms with Crippen molar-refractivity contribution in [1.29, 1.82) is 0 Å². The summed E-state index contributed by atoms with van der Waals surface area (Å²) in [5, 5.41) is 6.76. The second kappa shape index (κ2) is 4.18. The highest BCUT2D eigenvalue weighted by atomic mass is 15.2. The summed E-state index contributed by atoms with van der Waals surface area (Å²) in [7, 11) is 0. The second-order valence-corrected chi connectivity index (χ2v) is 4.42. The van der Waals surface area contributed by atoms with Crippen LogP contribution in [0, 0.1) is 0 Å². The van der Waals surface area contributed by atoms with Crippen LogP contribution in [-0.4, -0.2) is 26.6 Å². The van der Waals surface area contributed by atoms with Gasteiger partial charge in [0.1, 0.15) is 12.2 Å². The maximum atomic E-state index is 5.79. The number of hydrogen-bond donors (Lipinski definition) is 2. The monoisotopic (exact) mass is 229 g/mol. The lowest BCUT2D eigenvalue weighted by atomic mass is 9.99. The number of nitrogens with two attached hydrogens (primary N) is 1. The van der Waals surface area contributed by atoms with Gasteiger partial charge in [-0.2, -0.15) is 5.10 Å². The molecule has 3 rings (SSSR count). The van der Waals surface area contributed by atoms with Crippen LogP contribution in [-0.2, 0) is 19.5 Å². The van der Waals surface area contributed by atoms with E-state index in [1.54, 1.807) is 6.33 Å². The molecule has 0 saturated carbocycles. The Morgan fingerprint density at radius 1 is 1.35 bits per heavy atom. The second-order valence-electron chi connectivity index (χ2n) is 4.42. The lowest BCUT2D eigenvalue weighted by Crippen LogP contribution is -2.30. The molecule has 0 bridgehead atoms. The molecule has 17 heavy (non-hydrogen) atoms. The number of benzene rings is 1. The molecule has 0 saturated heterocycles. The molecule has 5 heteroatoms. The van der Waals surface area contributed by atoms with Crippen molar-refractivity contribution in [1.82, 2.24) is 20.1 Å². The minimum absolute atomic E-state index is 0.823. The normalized spacial score (nSPS) is 15.8. The van der Waals surface area contributed by atoms with E-state index in [-0.39, 0.29) is 0 Å². The van der Waals surface area contributed by atoms with E-state index in [0.717, 1.165) is 37.6 Å². The van der Waals surface area contributed by atoms with Crippen molar-refractivity contribution in [3.63, 3.8) is 0 Å². The topological polar surface area (TPSA) is 70.8 Å². The van der Waals surface area contributed by atoms with Gasteiger partial charge in [0, 0.05) is 18.8 Å². The van der Waals surface area contributed by atoms with Crippen molar-refractivity contribution in [3.05, 3.63) is 41.5 Å². The Kier molecular flexibility index (Phi) is 2.53. The summed E-state index contributed by atoms with van der Waals surface area (Å²) in [4.78, 5) is 6.51. The van der Waals surface area contributed by atoms with Gasteiger partial charge in [-0.1, -0.05) is 6.07 Å². The van der Waals surface area contributed by atoms with Gasteiger partial charge < -0.3 is 5.73 Å². The van der Waals surface area contributed by atoms with Crippen LogP contribution in [0.1, 0.15) is 17.0 Å². The van der Waals surface area contributed by atoms with Crippen LogP contribution in [0.3, 0.4) is 0 Å². The molecule has 0 radical (unpaired) electrons. The maximum absolute atomic E-state index is 5.79. The fourth-order valence-electron chi connectivity index (χ4n) is 2.29. The lowest BCUT2D eigenvalue weighted by Gasteiger charge is -2.28. The molecule has 1 aliphatic heterocycles. The summed E-state index contributed by atoms with van der Waals surface area (Å²) in [5.41, 5.74) is 9.38. The van der Waals surface area contributed by atoms with Gasteiger partial charge in [-0.25, -0.2) is 4.98 Å². The third-order valence-electron chi connectivity index (χ3n) is 3.16. The highest BCUT2D eigenvalue weighted by Crippen LogP contribution is 2.21. The molecule has 2 heterocycles. The first-order valence-corrected chi connectivity index (χ1v) is 5.75. The number of rotatable bonds is 2. The van der Waals surface area contributed by atoms with Gasteiger partial charge in [0.25, 0.3) is 0 Å². The van der Waals surface area contributed by atoms with Gasteiger partial charge in [0.15, 0.2) is 0 Å². The minimum Gasteiger partial charge on any atom is -0.399 e. The number of aromatic amines is 1. The average molecular weight is 229 g/mol.